The minimum absolute atomic E-state index is 0.0735. The van der Waals surface area contributed by atoms with Crippen molar-refractivity contribution in [1.29, 1.82) is 0 Å². The largest absolute Gasteiger partial charge is 0.492 e. The van der Waals surface area contributed by atoms with Crippen LogP contribution in [0, 0.1) is 6.92 Å². The molecule has 1 fully saturated rings. The molecule has 0 radical (unpaired) electrons. The normalized spacial score (nSPS) is 15.8. The van der Waals surface area contributed by atoms with Crippen molar-refractivity contribution in [3.63, 3.8) is 0 Å². The van der Waals surface area contributed by atoms with Gasteiger partial charge in [-0.25, -0.2) is 8.42 Å². The molecular weight excluding hydrogens is 518 g/mol. The number of carbonyl (C=O) groups excluding carboxylic acids is 2. The van der Waals surface area contributed by atoms with E-state index in [1.807, 2.05) is 31.2 Å². The number of aryl methyl sites for hydroxylation is 1. The molecule has 9 nitrogen and oxygen atoms in total. The third kappa shape index (κ3) is 6.07. The van der Waals surface area contributed by atoms with Crippen molar-refractivity contribution in [3.8, 4) is 11.5 Å². The summed E-state index contributed by atoms with van der Waals surface area (Å²) in [6.45, 7) is 3.56. The fraction of sp³-hybridized carbons (Fsp3) is 0.310. The molecule has 2 aliphatic heterocycles. The van der Waals surface area contributed by atoms with E-state index in [4.69, 9.17) is 9.47 Å². The van der Waals surface area contributed by atoms with Gasteiger partial charge in [-0.1, -0.05) is 24.1 Å². The smallest absolute Gasteiger partial charge is 0.265 e. The van der Waals surface area contributed by atoms with Gasteiger partial charge in [-0.3, -0.25) is 9.59 Å². The van der Waals surface area contributed by atoms with Crippen LogP contribution in [0.1, 0.15) is 35.2 Å². The number of benzene rings is 3. The number of hydrogen-bond donors (Lipinski definition) is 1. The zero-order chi connectivity index (χ0) is 27.4. The number of sulfonamides is 1. The number of piperidine rings is 1. The highest BCUT2D eigenvalue weighted by atomic mass is 32.2. The van der Waals surface area contributed by atoms with Crippen LogP contribution in [0.2, 0.25) is 0 Å². The molecule has 0 saturated carbocycles. The summed E-state index contributed by atoms with van der Waals surface area (Å²) >= 11 is 0. The Labute approximate surface area is 228 Å². The molecule has 10 heteroatoms. The quantitative estimate of drug-likeness (QED) is 0.451. The lowest BCUT2D eigenvalue weighted by Gasteiger charge is -2.29. The minimum atomic E-state index is -3.57. The van der Waals surface area contributed by atoms with Crippen LogP contribution >= 0.6 is 0 Å². The number of nitrogens with one attached hydrogen (secondary N) is 1. The van der Waals surface area contributed by atoms with Gasteiger partial charge in [-0.15, -0.1) is 0 Å². The van der Waals surface area contributed by atoms with Crippen molar-refractivity contribution in [2.45, 2.75) is 31.1 Å². The SMILES string of the molecule is Cc1ccc(OCCN2C(=O)COc3ccc(NC(=O)c4ccc(S(=O)(=O)N5CCCCC5)cc4)cc32)cc1. The van der Waals surface area contributed by atoms with Crippen LogP contribution in [0.3, 0.4) is 0 Å². The van der Waals surface area contributed by atoms with E-state index in [0.29, 0.717) is 42.3 Å². The van der Waals surface area contributed by atoms with Crippen LogP contribution < -0.4 is 19.7 Å². The summed E-state index contributed by atoms with van der Waals surface area (Å²) < 4.78 is 38.7. The van der Waals surface area contributed by atoms with Crippen molar-refractivity contribution in [2.75, 3.05) is 43.1 Å². The fourth-order valence-corrected chi connectivity index (χ4v) is 6.17. The van der Waals surface area contributed by atoms with Gasteiger partial charge in [0.1, 0.15) is 18.1 Å². The maximum Gasteiger partial charge on any atom is 0.265 e. The Hall–Kier alpha value is -3.89. The zero-order valence-electron chi connectivity index (χ0n) is 21.8. The van der Waals surface area contributed by atoms with E-state index >= 15 is 0 Å². The maximum absolute atomic E-state index is 12.9. The number of hydrogen-bond acceptors (Lipinski definition) is 6. The van der Waals surface area contributed by atoms with Gasteiger partial charge in [0.15, 0.2) is 6.61 Å². The Morgan fingerprint density at radius 3 is 2.41 bits per heavy atom. The predicted molar refractivity (Wildman–Crippen MR) is 148 cm³/mol. The Kier molecular flexibility index (Phi) is 7.85. The van der Waals surface area contributed by atoms with E-state index in [1.54, 1.807) is 23.1 Å². The molecule has 5 rings (SSSR count). The lowest BCUT2D eigenvalue weighted by atomic mass is 10.1. The number of carbonyl (C=O) groups is 2. The van der Waals surface area contributed by atoms with Gasteiger partial charge in [0.05, 0.1) is 17.1 Å². The predicted octanol–water partition coefficient (Wildman–Crippen LogP) is 4.23. The number of ether oxygens (including phenoxy) is 2. The van der Waals surface area contributed by atoms with Crippen LogP contribution in [-0.4, -0.2) is 57.4 Å². The summed E-state index contributed by atoms with van der Waals surface area (Å²) in [5.41, 5.74) is 2.47. The summed E-state index contributed by atoms with van der Waals surface area (Å²) in [5.74, 6) is 0.658. The van der Waals surface area contributed by atoms with Gasteiger partial charge in [-0.05, 0) is 74.4 Å². The molecular formula is C29H31N3O6S. The Morgan fingerprint density at radius 2 is 1.69 bits per heavy atom. The maximum atomic E-state index is 12.9. The number of rotatable bonds is 8. The number of amides is 2. The van der Waals surface area contributed by atoms with Crippen molar-refractivity contribution in [2.24, 2.45) is 0 Å². The van der Waals surface area contributed by atoms with E-state index in [-0.39, 0.29) is 24.0 Å². The van der Waals surface area contributed by atoms with Gasteiger partial charge in [-0.2, -0.15) is 4.31 Å². The summed E-state index contributed by atoms with van der Waals surface area (Å²) in [6, 6.07) is 18.7. The molecule has 2 aliphatic rings. The molecule has 0 aliphatic carbocycles. The van der Waals surface area contributed by atoms with E-state index in [9.17, 15) is 18.0 Å². The Morgan fingerprint density at radius 1 is 0.974 bits per heavy atom. The fourth-order valence-electron chi connectivity index (χ4n) is 4.65. The molecule has 0 atom stereocenters. The average Bonchev–Trinajstić information content (AvgIpc) is 2.96. The number of anilines is 2. The first-order valence-corrected chi connectivity index (χ1v) is 14.4. The summed E-state index contributed by atoms with van der Waals surface area (Å²) in [6.07, 6.45) is 2.75. The molecule has 1 saturated heterocycles. The Balaban J connectivity index is 1.26. The molecule has 2 heterocycles. The first-order valence-electron chi connectivity index (χ1n) is 13.0. The van der Waals surface area contributed by atoms with E-state index in [2.05, 4.69) is 5.32 Å². The van der Waals surface area contributed by atoms with Gasteiger partial charge in [0, 0.05) is 24.3 Å². The highest BCUT2D eigenvalue weighted by Crippen LogP contribution is 2.34. The molecule has 0 bridgehead atoms. The molecule has 3 aromatic rings. The first kappa shape index (κ1) is 26.7. The van der Waals surface area contributed by atoms with Crippen LogP contribution in [0.5, 0.6) is 11.5 Å². The van der Waals surface area contributed by atoms with E-state index < -0.39 is 15.9 Å². The monoisotopic (exact) mass is 549 g/mol. The third-order valence-corrected chi connectivity index (χ3v) is 8.75. The van der Waals surface area contributed by atoms with Crippen LogP contribution in [-0.2, 0) is 14.8 Å². The summed E-state index contributed by atoms with van der Waals surface area (Å²) in [7, 11) is -3.57. The first-order chi connectivity index (χ1) is 18.8. The highest BCUT2D eigenvalue weighted by molar-refractivity contribution is 7.89. The molecule has 0 unspecified atom stereocenters. The standard InChI is InChI=1S/C29H31N3O6S/c1-21-5-10-24(11-6-21)37-18-17-32-26-19-23(9-14-27(26)38-20-28(32)33)30-29(34)22-7-12-25(13-8-22)39(35,36)31-15-3-2-4-16-31/h5-14,19H,2-4,15-18,20H2,1H3,(H,30,34). The Bertz CT molecular complexity index is 1450. The highest BCUT2D eigenvalue weighted by Gasteiger charge is 2.27. The van der Waals surface area contributed by atoms with Crippen LogP contribution in [0.15, 0.2) is 71.6 Å². The van der Waals surface area contributed by atoms with Gasteiger partial charge in [0.25, 0.3) is 11.8 Å². The van der Waals surface area contributed by atoms with Gasteiger partial charge >= 0.3 is 0 Å². The molecule has 0 aromatic heterocycles. The second-order valence-electron chi connectivity index (χ2n) is 9.62. The lowest BCUT2D eigenvalue weighted by molar-refractivity contribution is -0.121. The average molecular weight is 550 g/mol. The van der Waals surface area contributed by atoms with Crippen molar-refractivity contribution < 1.29 is 27.5 Å². The number of nitrogens with zero attached hydrogens (tertiary/aromatic N) is 2. The second kappa shape index (κ2) is 11.5. The van der Waals surface area contributed by atoms with Gasteiger partial charge < -0.3 is 19.7 Å². The topological polar surface area (TPSA) is 105 Å². The number of fused-ring (bicyclic) bond motifs is 1. The van der Waals surface area contributed by atoms with Gasteiger partial charge in [0.2, 0.25) is 10.0 Å². The molecule has 3 aromatic carbocycles. The second-order valence-corrected chi connectivity index (χ2v) is 11.6. The molecule has 0 spiro atoms. The van der Waals surface area contributed by atoms with Crippen molar-refractivity contribution in [1.82, 2.24) is 4.31 Å². The molecule has 204 valence electrons. The van der Waals surface area contributed by atoms with E-state index in [0.717, 1.165) is 30.6 Å². The molecule has 1 N–H and O–H groups in total. The molecule has 2 amide bonds. The van der Waals surface area contributed by atoms with Crippen molar-refractivity contribution >= 4 is 33.2 Å². The summed E-state index contributed by atoms with van der Waals surface area (Å²) in [5, 5.41) is 2.83. The zero-order valence-corrected chi connectivity index (χ0v) is 22.6. The lowest BCUT2D eigenvalue weighted by Crippen LogP contribution is -2.41. The van der Waals surface area contributed by atoms with Crippen LogP contribution in [0.25, 0.3) is 0 Å². The van der Waals surface area contributed by atoms with Crippen molar-refractivity contribution in [3.05, 3.63) is 77.9 Å². The summed E-state index contributed by atoms with van der Waals surface area (Å²) in [4.78, 5) is 27.3. The molecule has 39 heavy (non-hydrogen) atoms. The van der Waals surface area contributed by atoms with Crippen LogP contribution in [0.4, 0.5) is 11.4 Å². The minimum Gasteiger partial charge on any atom is -0.492 e. The van der Waals surface area contributed by atoms with E-state index in [1.165, 1.54) is 28.6 Å². The third-order valence-electron chi connectivity index (χ3n) is 6.83.